The molecule has 3 rings (SSSR count). The molecule has 96 valence electrons. The zero-order valence-corrected chi connectivity index (χ0v) is 11.2. The summed E-state index contributed by atoms with van der Waals surface area (Å²) >= 11 is 1.88. The average Bonchev–Trinajstić information content (AvgIpc) is 2.88. The molecule has 2 aromatic rings. The predicted octanol–water partition coefficient (Wildman–Crippen LogP) is 3.59. The number of ether oxygens (including phenoxy) is 1. The molecule has 0 saturated carbocycles. The Morgan fingerprint density at radius 2 is 1.95 bits per heavy atom. The molecule has 2 nitrogen and oxygen atoms in total. The second kappa shape index (κ2) is 5.49. The van der Waals surface area contributed by atoms with Gasteiger partial charge in [-0.3, -0.25) is 4.79 Å². The van der Waals surface area contributed by atoms with E-state index in [1.54, 1.807) is 12.1 Å². The van der Waals surface area contributed by atoms with Crippen LogP contribution in [-0.4, -0.2) is 18.1 Å². The van der Waals surface area contributed by atoms with Crippen molar-refractivity contribution in [1.29, 1.82) is 0 Å². The summed E-state index contributed by atoms with van der Waals surface area (Å²) in [5.41, 5.74) is 2.09. The van der Waals surface area contributed by atoms with Crippen molar-refractivity contribution in [1.82, 2.24) is 0 Å². The molecular weight excluding hydrogens is 256 g/mol. The number of rotatable bonds is 4. The molecule has 0 spiro atoms. The number of hydrogen-bond donors (Lipinski definition) is 0. The van der Waals surface area contributed by atoms with Crippen molar-refractivity contribution in [2.24, 2.45) is 0 Å². The summed E-state index contributed by atoms with van der Waals surface area (Å²) in [5, 5.41) is 0.475. The van der Waals surface area contributed by atoms with Gasteiger partial charge in [-0.2, -0.15) is 0 Å². The van der Waals surface area contributed by atoms with Crippen LogP contribution in [0.1, 0.15) is 15.9 Å². The van der Waals surface area contributed by atoms with Gasteiger partial charge in [0.2, 0.25) is 0 Å². The molecule has 1 heterocycles. The smallest absolute Gasteiger partial charge is 0.150 e. The first kappa shape index (κ1) is 12.3. The molecule has 0 aromatic heterocycles. The first-order valence-electron chi connectivity index (χ1n) is 6.28. The van der Waals surface area contributed by atoms with Gasteiger partial charge in [0.05, 0.1) is 0 Å². The minimum absolute atomic E-state index is 0.475. The molecule has 0 saturated heterocycles. The molecule has 1 aliphatic heterocycles. The van der Waals surface area contributed by atoms with Crippen molar-refractivity contribution >= 4 is 18.0 Å². The molecule has 3 heteroatoms. The van der Waals surface area contributed by atoms with Crippen molar-refractivity contribution in [3.63, 3.8) is 0 Å². The topological polar surface area (TPSA) is 26.3 Å². The molecule has 1 aliphatic rings. The molecule has 0 aliphatic carbocycles. The number of aldehydes is 1. The van der Waals surface area contributed by atoms with Crippen molar-refractivity contribution in [3.05, 3.63) is 59.7 Å². The molecule has 0 N–H and O–H groups in total. The van der Waals surface area contributed by atoms with Gasteiger partial charge in [-0.25, -0.2) is 0 Å². The summed E-state index contributed by atoms with van der Waals surface area (Å²) in [4.78, 5) is 11.9. The zero-order valence-electron chi connectivity index (χ0n) is 10.4. The SMILES string of the molecule is O=Cc1ccc(OCC2Cc3ccccc3S2)cc1. The van der Waals surface area contributed by atoms with E-state index in [2.05, 4.69) is 24.3 Å². The minimum atomic E-state index is 0.475. The third-order valence-corrected chi connectivity index (χ3v) is 4.45. The van der Waals surface area contributed by atoms with Crippen molar-refractivity contribution in [3.8, 4) is 5.75 Å². The van der Waals surface area contributed by atoms with Gasteiger partial charge in [-0.1, -0.05) is 18.2 Å². The summed E-state index contributed by atoms with van der Waals surface area (Å²) < 4.78 is 5.78. The Balaban J connectivity index is 1.58. The fourth-order valence-corrected chi connectivity index (χ4v) is 3.40. The van der Waals surface area contributed by atoms with E-state index in [0.29, 0.717) is 17.4 Å². The van der Waals surface area contributed by atoms with Gasteiger partial charge in [0.25, 0.3) is 0 Å². The highest BCUT2D eigenvalue weighted by molar-refractivity contribution is 8.00. The largest absolute Gasteiger partial charge is 0.492 e. The normalized spacial score (nSPS) is 16.9. The zero-order chi connectivity index (χ0) is 13.1. The van der Waals surface area contributed by atoms with Crippen LogP contribution in [0.15, 0.2) is 53.4 Å². The van der Waals surface area contributed by atoms with E-state index in [1.165, 1.54) is 10.5 Å². The Labute approximate surface area is 116 Å². The van der Waals surface area contributed by atoms with Gasteiger partial charge >= 0.3 is 0 Å². The van der Waals surface area contributed by atoms with E-state index in [0.717, 1.165) is 18.5 Å². The van der Waals surface area contributed by atoms with Crippen LogP contribution in [0.5, 0.6) is 5.75 Å². The van der Waals surface area contributed by atoms with Crippen molar-refractivity contribution in [2.75, 3.05) is 6.61 Å². The highest BCUT2D eigenvalue weighted by Crippen LogP contribution is 2.36. The maximum Gasteiger partial charge on any atom is 0.150 e. The van der Waals surface area contributed by atoms with Gasteiger partial charge in [-0.05, 0) is 42.3 Å². The van der Waals surface area contributed by atoms with Crippen molar-refractivity contribution in [2.45, 2.75) is 16.6 Å². The number of fused-ring (bicyclic) bond motifs is 1. The lowest BCUT2D eigenvalue weighted by Gasteiger charge is -2.10. The highest BCUT2D eigenvalue weighted by atomic mass is 32.2. The van der Waals surface area contributed by atoms with E-state index in [9.17, 15) is 4.79 Å². The quantitative estimate of drug-likeness (QED) is 0.794. The van der Waals surface area contributed by atoms with Crippen molar-refractivity contribution < 1.29 is 9.53 Å². The summed E-state index contributed by atoms with van der Waals surface area (Å²) in [6.45, 7) is 0.694. The Kier molecular flexibility index (Phi) is 3.56. The number of thioether (sulfide) groups is 1. The fourth-order valence-electron chi connectivity index (χ4n) is 2.18. The Morgan fingerprint density at radius 1 is 1.16 bits per heavy atom. The highest BCUT2D eigenvalue weighted by Gasteiger charge is 2.22. The summed E-state index contributed by atoms with van der Waals surface area (Å²) in [7, 11) is 0. The molecule has 1 unspecified atom stereocenters. The lowest BCUT2D eigenvalue weighted by atomic mass is 10.1. The van der Waals surface area contributed by atoms with Crippen LogP contribution in [0.25, 0.3) is 0 Å². The van der Waals surface area contributed by atoms with E-state index < -0.39 is 0 Å². The second-order valence-electron chi connectivity index (χ2n) is 4.55. The summed E-state index contributed by atoms with van der Waals surface area (Å²) in [6, 6.07) is 15.7. The molecule has 1 atom stereocenters. The molecule has 2 aromatic carbocycles. The van der Waals surface area contributed by atoms with Gasteiger partial charge in [0.1, 0.15) is 18.6 Å². The molecule has 19 heavy (non-hydrogen) atoms. The second-order valence-corrected chi connectivity index (χ2v) is 5.89. The van der Waals surface area contributed by atoms with Crippen LogP contribution < -0.4 is 4.74 Å². The molecule has 0 fully saturated rings. The molecular formula is C16H14O2S. The van der Waals surface area contributed by atoms with Crippen LogP contribution in [0, 0.1) is 0 Å². The van der Waals surface area contributed by atoms with Crippen LogP contribution in [0.3, 0.4) is 0 Å². The third-order valence-electron chi connectivity index (χ3n) is 3.17. The number of carbonyl (C=O) groups is 1. The molecule has 0 bridgehead atoms. The van der Waals surface area contributed by atoms with Crippen LogP contribution >= 0.6 is 11.8 Å². The summed E-state index contributed by atoms with van der Waals surface area (Å²) in [6.07, 6.45) is 1.90. The van der Waals surface area contributed by atoms with E-state index in [4.69, 9.17) is 4.74 Å². The predicted molar refractivity (Wildman–Crippen MR) is 77.1 cm³/mol. The Bertz CT molecular complexity index is 553. The fraction of sp³-hybridized carbons (Fsp3) is 0.188. The van der Waals surface area contributed by atoms with Gasteiger partial charge < -0.3 is 4.74 Å². The van der Waals surface area contributed by atoms with E-state index in [1.807, 2.05) is 23.9 Å². The van der Waals surface area contributed by atoms with E-state index >= 15 is 0 Å². The standard InChI is InChI=1S/C16H14O2S/c17-10-12-5-7-14(8-6-12)18-11-15-9-13-3-1-2-4-16(13)19-15/h1-8,10,15H,9,11H2. The van der Waals surface area contributed by atoms with Crippen LogP contribution in [-0.2, 0) is 6.42 Å². The lowest BCUT2D eigenvalue weighted by Crippen LogP contribution is -2.13. The first-order chi connectivity index (χ1) is 9.35. The van der Waals surface area contributed by atoms with Gasteiger partial charge in [0.15, 0.2) is 0 Å². The Hall–Kier alpha value is -1.74. The third kappa shape index (κ3) is 2.82. The van der Waals surface area contributed by atoms with Crippen LogP contribution in [0.4, 0.5) is 0 Å². The lowest BCUT2D eigenvalue weighted by molar-refractivity contribution is 0.112. The Morgan fingerprint density at radius 3 is 2.68 bits per heavy atom. The molecule has 0 amide bonds. The number of carbonyl (C=O) groups excluding carboxylic acids is 1. The summed E-state index contributed by atoms with van der Waals surface area (Å²) in [5.74, 6) is 0.821. The van der Waals surface area contributed by atoms with E-state index in [-0.39, 0.29) is 0 Å². The van der Waals surface area contributed by atoms with Gasteiger partial charge in [0, 0.05) is 15.7 Å². The molecule has 0 radical (unpaired) electrons. The van der Waals surface area contributed by atoms with Crippen LogP contribution in [0.2, 0.25) is 0 Å². The average molecular weight is 270 g/mol. The monoisotopic (exact) mass is 270 g/mol. The maximum absolute atomic E-state index is 10.6. The first-order valence-corrected chi connectivity index (χ1v) is 7.16. The maximum atomic E-state index is 10.6. The van der Waals surface area contributed by atoms with Gasteiger partial charge in [-0.15, -0.1) is 11.8 Å². The minimum Gasteiger partial charge on any atom is -0.492 e. The number of benzene rings is 2. The number of hydrogen-bond acceptors (Lipinski definition) is 3.